The highest BCUT2D eigenvalue weighted by molar-refractivity contribution is 7.85. The van der Waals surface area contributed by atoms with Crippen LogP contribution >= 0.6 is 0 Å². The third-order valence-corrected chi connectivity index (χ3v) is 5.92. The van der Waals surface area contributed by atoms with E-state index in [9.17, 15) is 31.7 Å². The molecule has 0 saturated carbocycles. The molecule has 0 amide bonds. The number of hydrogen-bond donors (Lipinski definition) is 4. The summed E-state index contributed by atoms with van der Waals surface area (Å²) in [5, 5.41) is 25.3. The average molecular weight is 569 g/mol. The number of nitrogens with one attached hydrogen (secondary N) is 2. The molecule has 0 bridgehead atoms. The summed E-state index contributed by atoms with van der Waals surface area (Å²) in [6, 6.07) is 15.0. The number of carbonyl (C=O) groups excluding carboxylic acids is 1. The van der Waals surface area contributed by atoms with Crippen molar-refractivity contribution in [1.29, 1.82) is 0 Å². The van der Waals surface area contributed by atoms with Crippen LogP contribution in [0.1, 0.15) is 21.5 Å². The zero-order chi connectivity index (χ0) is 28.9. The molecular formula is C24H18F2N8O5S. The number of aldehydes is 1. The fourth-order valence-corrected chi connectivity index (χ4v) is 3.76. The second-order valence-corrected chi connectivity index (χ2v) is 9.38. The SMILES string of the molecule is Cc1ccc(C=O)c(N=NC(=NNc2cc(S(=O)(=O)O)cc(Nc3nc(F)nc(F)n3)c2O)c2ccccc2)c1. The average Bonchev–Trinajstić information content (AvgIpc) is 2.90. The second-order valence-electron chi connectivity index (χ2n) is 7.96. The minimum Gasteiger partial charge on any atom is -0.504 e. The van der Waals surface area contributed by atoms with Crippen LogP contribution in [0.15, 0.2) is 80.9 Å². The van der Waals surface area contributed by atoms with E-state index in [4.69, 9.17) is 0 Å². The summed E-state index contributed by atoms with van der Waals surface area (Å²) in [6.07, 6.45) is -2.34. The van der Waals surface area contributed by atoms with Gasteiger partial charge < -0.3 is 10.4 Å². The lowest BCUT2D eigenvalue weighted by Gasteiger charge is -2.13. The lowest BCUT2D eigenvalue weighted by molar-refractivity contribution is 0.112. The maximum absolute atomic E-state index is 13.4. The molecular weight excluding hydrogens is 550 g/mol. The van der Waals surface area contributed by atoms with E-state index in [0.717, 1.165) is 17.7 Å². The number of halogens is 2. The number of azo groups is 1. The van der Waals surface area contributed by atoms with Gasteiger partial charge in [-0.05, 0) is 36.8 Å². The molecule has 4 rings (SSSR count). The number of aromatic nitrogens is 3. The normalized spacial score (nSPS) is 11.9. The Morgan fingerprint density at radius 2 is 1.65 bits per heavy atom. The minimum atomic E-state index is -4.84. The fraction of sp³-hybridized carbons (Fsp3) is 0.0417. The molecule has 4 N–H and O–H groups in total. The fourth-order valence-electron chi connectivity index (χ4n) is 3.23. The lowest BCUT2D eigenvalue weighted by Crippen LogP contribution is -2.07. The van der Waals surface area contributed by atoms with Gasteiger partial charge in [-0.25, -0.2) is 0 Å². The molecule has 0 spiro atoms. The Labute approximate surface area is 225 Å². The van der Waals surface area contributed by atoms with Gasteiger partial charge in [-0.2, -0.15) is 37.3 Å². The Bertz CT molecular complexity index is 1730. The highest BCUT2D eigenvalue weighted by Crippen LogP contribution is 2.36. The monoisotopic (exact) mass is 568 g/mol. The Balaban J connectivity index is 1.77. The van der Waals surface area contributed by atoms with E-state index in [1.165, 1.54) is 0 Å². The summed E-state index contributed by atoms with van der Waals surface area (Å²) in [6.45, 7) is 1.80. The molecule has 0 radical (unpaired) electrons. The first kappa shape index (κ1) is 27.8. The smallest absolute Gasteiger partial charge is 0.315 e. The molecule has 1 heterocycles. The van der Waals surface area contributed by atoms with E-state index in [0.29, 0.717) is 11.8 Å². The summed E-state index contributed by atoms with van der Waals surface area (Å²) in [5.74, 6) is -1.44. The molecule has 40 heavy (non-hydrogen) atoms. The van der Waals surface area contributed by atoms with Crippen LogP contribution in [0.4, 0.5) is 31.8 Å². The summed E-state index contributed by atoms with van der Waals surface area (Å²) in [7, 11) is -4.84. The van der Waals surface area contributed by atoms with Crippen molar-refractivity contribution in [3.8, 4) is 5.75 Å². The number of aryl methyl sites for hydroxylation is 1. The molecule has 0 aliphatic carbocycles. The van der Waals surface area contributed by atoms with Gasteiger partial charge in [0, 0.05) is 11.1 Å². The molecule has 4 aromatic rings. The Morgan fingerprint density at radius 1 is 0.975 bits per heavy atom. The number of carbonyl (C=O) groups is 1. The second kappa shape index (κ2) is 11.7. The first-order valence-corrected chi connectivity index (χ1v) is 12.5. The van der Waals surface area contributed by atoms with Gasteiger partial charge in [-0.15, -0.1) is 10.2 Å². The van der Waals surface area contributed by atoms with Crippen LogP contribution < -0.4 is 10.7 Å². The van der Waals surface area contributed by atoms with Crippen LogP contribution in [-0.4, -0.2) is 45.2 Å². The van der Waals surface area contributed by atoms with Crippen LogP contribution in [0.2, 0.25) is 0 Å². The van der Waals surface area contributed by atoms with E-state index >= 15 is 0 Å². The molecule has 3 aromatic carbocycles. The number of hydrogen-bond acceptors (Lipinski definition) is 11. The van der Waals surface area contributed by atoms with E-state index in [2.05, 4.69) is 41.0 Å². The van der Waals surface area contributed by atoms with Gasteiger partial charge in [0.15, 0.2) is 12.0 Å². The highest BCUT2D eigenvalue weighted by atomic mass is 32.2. The molecule has 0 aliphatic rings. The predicted octanol–water partition coefficient (Wildman–Crippen LogP) is 4.52. The van der Waals surface area contributed by atoms with Crippen molar-refractivity contribution in [3.63, 3.8) is 0 Å². The number of phenolic OH excluding ortho intramolecular Hbond substituents is 1. The molecule has 0 unspecified atom stereocenters. The molecule has 1 aromatic heterocycles. The number of aromatic hydroxyl groups is 1. The third-order valence-electron chi connectivity index (χ3n) is 5.09. The van der Waals surface area contributed by atoms with Crippen molar-refractivity contribution in [2.24, 2.45) is 15.3 Å². The Hall–Kier alpha value is -5.22. The number of anilines is 3. The van der Waals surface area contributed by atoms with Gasteiger partial charge in [0.1, 0.15) is 5.69 Å². The Morgan fingerprint density at radius 3 is 2.30 bits per heavy atom. The molecule has 0 fully saturated rings. The van der Waals surface area contributed by atoms with Crippen LogP contribution in [0, 0.1) is 19.1 Å². The third kappa shape index (κ3) is 6.80. The number of rotatable bonds is 8. The van der Waals surface area contributed by atoms with Gasteiger partial charge in [-0.1, -0.05) is 36.4 Å². The van der Waals surface area contributed by atoms with Gasteiger partial charge in [0.2, 0.25) is 11.8 Å². The summed E-state index contributed by atoms with van der Waals surface area (Å²) in [5.41, 5.74) is 3.41. The Kier molecular flexibility index (Phi) is 8.11. The van der Waals surface area contributed by atoms with Gasteiger partial charge >= 0.3 is 12.2 Å². The lowest BCUT2D eigenvalue weighted by atomic mass is 10.1. The first-order chi connectivity index (χ1) is 19.0. The van der Waals surface area contributed by atoms with Crippen molar-refractivity contribution in [2.75, 3.05) is 10.7 Å². The van der Waals surface area contributed by atoms with Crippen molar-refractivity contribution in [1.82, 2.24) is 15.0 Å². The van der Waals surface area contributed by atoms with Crippen LogP contribution in [-0.2, 0) is 10.1 Å². The summed E-state index contributed by atoms with van der Waals surface area (Å²) in [4.78, 5) is 19.9. The first-order valence-electron chi connectivity index (χ1n) is 11.1. The zero-order valence-electron chi connectivity index (χ0n) is 20.3. The van der Waals surface area contributed by atoms with Gasteiger partial charge in [0.05, 0.1) is 16.3 Å². The maximum atomic E-state index is 13.4. The molecule has 16 heteroatoms. The van der Waals surface area contributed by atoms with Crippen molar-refractivity contribution < 1.29 is 31.7 Å². The van der Waals surface area contributed by atoms with Gasteiger partial charge in [-0.3, -0.25) is 14.8 Å². The highest BCUT2D eigenvalue weighted by Gasteiger charge is 2.19. The zero-order valence-corrected chi connectivity index (χ0v) is 21.1. The summed E-state index contributed by atoms with van der Waals surface area (Å²) >= 11 is 0. The number of benzene rings is 3. The van der Waals surface area contributed by atoms with E-state index in [-0.39, 0.29) is 22.8 Å². The van der Waals surface area contributed by atoms with Crippen LogP contribution in [0.25, 0.3) is 0 Å². The van der Waals surface area contributed by atoms with Crippen molar-refractivity contribution >= 4 is 45.3 Å². The van der Waals surface area contributed by atoms with Crippen molar-refractivity contribution in [2.45, 2.75) is 11.8 Å². The van der Waals surface area contributed by atoms with Crippen molar-refractivity contribution in [3.05, 3.63) is 89.5 Å². The largest absolute Gasteiger partial charge is 0.504 e. The van der Waals surface area contributed by atoms with Gasteiger partial charge in [0.25, 0.3) is 10.1 Å². The minimum absolute atomic E-state index is 0.0493. The van der Waals surface area contributed by atoms with E-state index in [1.807, 2.05) is 0 Å². The number of nitrogens with zero attached hydrogens (tertiary/aromatic N) is 6. The standard InChI is InChI=1S/C24H18F2N8O5S/c1-13-7-8-15(12-35)17(9-13)31-33-21(14-5-3-2-4-6-14)34-32-19-11-16(40(37,38)39)10-18(20(19)36)27-24-29-22(25)28-23(26)30-24/h2-12,32,36H,1H3,(H,37,38,39)(H,27,28,29,30). The molecule has 204 valence electrons. The number of amidine groups is 1. The number of hydrazone groups is 1. The van der Waals surface area contributed by atoms with E-state index in [1.54, 1.807) is 55.5 Å². The maximum Gasteiger partial charge on any atom is 0.315 e. The van der Waals surface area contributed by atoms with E-state index < -0.39 is 44.6 Å². The summed E-state index contributed by atoms with van der Waals surface area (Å²) < 4.78 is 60.2. The van der Waals surface area contributed by atoms with Crippen LogP contribution in [0.5, 0.6) is 5.75 Å². The predicted molar refractivity (Wildman–Crippen MR) is 139 cm³/mol. The molecule has 0 saturated heterocycles. The molecule has 0 aliphatic heterocycles. The number of phenols is 1. The quantitative estimate of drug-likeness (QED) is 0.0447. The molecule has 0 atom stereocenters. The molecule has 13 nitrogen and oxygen atoms in total. The topological polar surface area (TPSA) is 191 Å². The van der Waals surface area contributed by atoms with Crippen LogP contribution in [0.3, 0.4) is 0 Å².